The fraction of sp³-hybridized carbons (Fsp3) is 0.393. The molecule has 0 saturated carbocycles. The van der Waals surface area contributed by atoms with Gasteiger partial charge in [0.2, 0.25) is 0 Å². The predicted molar refractivity (Wildman–Crippen MR) is 134 cm³/mol. The van der Waals surface area contributed by atoms with E-state index >= 15 is 0 Å². The van der Waals surface area contributed by atoms with Gasteiger partial charge in [0.05, 0.1) is 17.8 Å². The van der Waals surface area contributed by atoms with Gasteiger partial charge in [0.1, 0.15) is 0 Å². The molecular formula is C28H36O3Si. The van der Waals surface area contributed by atoms with E-state index in [1.165, 1.54) is 10.4 Å². The van der Waals surface area contributed by atoms with Crippen LogP contribution >= 0.6 is 0 Å². The largest absolute Gasteiger partial charge is 0.537 e. The van der Waals surface area contributed by atoms with Crippen LogP contribution in [0.4, 0.5) is 0 Å². The van der Waals surface area contributed by atoms with Gasteiger partial charge >= 0.3 is 14.3 Å². The van der Waals surface area contributed by atoms with E-state index in [1.807, 2.05) is 26.0 Å². The highest BCUT2D eigenvalue weighted by atomic mass is 28.4. The van der Waals surface area contributed by atoms with Crippen LogP contribution in [0.5, 0.6) is 0 Å². The molecule has 2 aromatic rings. The van der Waals surface area contributed by atoms with Crippen molar-refractivity contribution in [3.8, 4) is 0 Å². The van der Waals surface area contributed by atoms with Gasteiger partial charge in [0.25, 0.3) is 0 Å². The fourth-order valence-corrected chi connectivity index (χ4v) is 9.21. The number of carbonyl (C=O) groups excluding carboxylic acids is 1. The second-order valence-corrected chi connectivity index (χ2v) is 14.1. The van der Waals surface area contributed by atoms with Crippen LogP contribution < -0.4 is 10.4 Å². The molecule has 0 bridgehead atoms. The molecule has 170 valence electrons. The Morgan fingerprint density at radius 2 is 1.56 bits per heavy atom. The number of carbonyl (C=O) groups is 1. The first-order chi connectivity index (χ1) is 15.1. The van der Waals surface area contributed by atoms with Gasteiger partial charge in [-0.2, -0.15) is 0 Å². The van der Waals surface area contributed by atoms with Gasteiger partial charge in [-0.3, -0.25) is 4.79 Å². The maximum absolute atomic E-state index is 12.8. The SMILES string of the molecule is C=C1CC(O[Si](c2ccccc2)(c2ccccc2)C(C)(C)C)=C[C@H](C)[C@@]1(C)C(=O)OCC. The number of allylic oxidation sites excluding steroid dienone is 2. The molecule has 0 unspecified atom stereocenters. The molecule has 0 aliphatic heterocycles. The molecule has 2 atom stereocenters. The van der Waals surface area contributed by atoms with Gasteiger partial charge in [-0.05, 0) is 41.3 Å². The Morgan fingerprint density at radius 3 is 1.97 bits per heavy atom. The number of ether oxygens (including phenoxy) is 1. The third-order valence-corrected chi connectivity index (χ3v) is 11.8. The Balaban J connectivity index is 2.13. The third kappa shape index (κ3) is 4.08. The molecule has 0 heterocycles. The first-order valence-electron chi connectivity index (χ1n) is 11.4. The molecule has 0 spiro atoms. The van der Waals surface area contributed by atoms with E-state index in [0.29, 0.717) is 13.0 Å². The lowest BCUT2D eigenvalue weighted by molar-refractivity contribution is -0.154. The molecule has 1 aliphatic carbocycles. The van der Waals surface area contributed by atoms with Crippen molar-refractivity contribution in [2.24, 2.45) is 11.3 Å². The molecule has 0 fully saturated rings. The second kappa shape index (κ2) is 9.11. The van der Waals surface area contributed by atoms with Crippen LogP contribution in [0.3, 0.4) is 0 Å². The van der Waals surface area contributed by atoms with Crippen LogP contribution in [-0.4, -0.2) is 20.9 Å². The zero-order chi connectivity index (χ0) is 23.6. The molecule has 0 aromatic heterocycles. The Hall–Kier alpha value is -2.59. The summed E-state index contributed by atoms with van der Waals surface area (Å²) in [5, 5.41) is 2.34. The average molecular weight is 449 g/mol. The molecular weight excluding hydrogens is 412 g/mol. The minimum atomic E-state index is -2.71. The lowest BCUT2D eigenvalue weighted by Gasteiger charge is -2.46. The molecule has 0 N–H and O–H groups in total. The highest BCUT2D eigenvalue weighted by molar-refractivity contribution is 6.99. The van der Waals surface area contributed by atoms with E-state index in [9.17, 15) is 4.79 Å². The number of benzene rings is 2. The summed E-state index contributed by atoms with van der Waals surface area (Å²) < 4.78 is 12.6. The topological polar surface area (TPSA) is 35.5 Å². The van der Waals surface area contributed by atoms with E-state index in [-0.39, 0.29) is 16.9 Å². The third-order valence-electron chi connectivity index (χ3n) is 6.87. The van der Waals surface area contributed by atoms with Crippen molar-refractivity contribution < 1.29 is 14.0 Å². The summed E-state index contributed by atoms with van der Waals surface area (Å²) in [4.78, 5) is 12.8. The quantitative estimate of drug-likeness (QED) is 0.327. The fourth-order valence-electron chi connectivity index (χ4n) is 4.75. The summed E-state index contributed by atoms with van der Waals surface area (Å²) in [7, 11) is -2.71. The van der Waals surface area contributed by atoms with Crippen molar-refractivity contribution in [1.82, 2.24) is 0 Å². The summed E-state index contributed by atoms with van der Waals surface area (Å²) in [6, 6.07) is 21.2. The minimum absolute atomic E-state index is 0.0731. The molecule has 0 amide bonds. The standard InChI is InChI=1S/C28H36O3Si/c1-8-30-26(29)28(7)21(2)19-23(20-22(28)3)31-32(27(4,5)6,24-15-11-9-12-16-24)25-17-13-10-14-18-25/h9-18,20,22H,2,8,19H2,1,3-7H3/t22-,28-/m0/s1. The van der Waals surface area contributed by atoms with Crippen LogP contribution in [0.15, 0.2) is 84.7 Å². The van der Waals surface area contributed by atoms with Gasteiger partial charge in [-0.25, -0.2) is 0 Å². The maximum atomic E-state index is 12.8. The molecule has 32 heavy (non-hydrogen) atoms. The summed E-state index contributed by atoms with van der Waals surface area (Å²) in [5.74, 6) is 0.618. The Morgan fingerprint density at radius 1 is 1.06 bits per heavy atom. The van der Waals surface area contributed by atoms with E-state index < -0.39 is 13.7 Å². The van der Waals surface area contributed by atoms with Crippen molar-refractivity contribution in [2.75, 3.05) is 6.61 Å². The van der Waals surface area contributed by atoms with Gasteiger partial charge in [0.15, 0.2) is 0 Å². The van der Waals surface area contributed by atoms with E-state index in [1.54, 1.807) is 0 Å². The molecule has 0 saturated heterocycles. The van der Waals surface area contributed by atoms with E-state index in [4.69, 9.17) is 9.16 Å². The number of rotatable bonds is 6. The average Bonchev–Trinajstić information content (AvgIpc) is 2.76. The zero-order valence-electron chi connectivity index (χ0n) is 20.3. The summed E-state index contributed by atoms with van der Waals surface area (Å²) in [6.45, 7) is 17.3. The first-order valence-corrected chi connectivity index (χ1v) is 13.3. The summed E-state index contributed by atoms with van der Waals surface area (Å²) in [6.07, 6.45) is 2.65. The molecule has 1 aliphatic rings. The van der Waals surface area contributed by atoms with Crippen LogP contribution in [0.1, 0.15) is 48.0 Å². The van der Waals surface area contributed by atoms with Crippen LogP contribution in [-0.2, 0) is 14.0 Å². The summed E-state index contributed by atoms with van der Waals surface area (Å²) in [5.41, 5.74) is 0.104. The van der Waals surface area contributed by atoms with E-state index in [0.717, 1.165) is 11.3 Å². The number of hydrogen-bond acceptors (Lipinski definition) is 3. The lowest BCUT2D eigenvalue weighted by atomic mass is 9.68. The molecule has 0 radical (unpaired) electrons. The van der Waals surface area contributed by atoms with Gasteiger partial charge < -0.3 is 9.16 Å². The second-order valence-electron chi connectivity index (χ2n) is 9.89. The number of hydrogen-bond donors (Lipinski definition) is 0. The van der Waals surface area contributed by atoms with Crippen LogP contribution in [0.25, 0.3) is 0 Å². The minimum Gasteiger partial charge on any atom is -0.537 e. The highest BCUT2D eigenvalue weighted by Crippen LogP contribution is 2.46. The van der Waals surface area contributed by atoms with Gasteiger partial charge in [0, 0.05) is 6.42 Å². The molecule has 3 rings (SSSR count). The first kappa shape index (κ1) is 24.1. The molecule has 2 aromatic carbocycles. The van der Waals surface area contributed by atoms with Crippen molar-refractivity contribution in [2.45, 2.75) is 53.0 Å². The number of esters is 1. The smallest absolute Gasteiger partial charge is 0.319 e. The predicted octanol–water partition coefficient (Wildman–Crippen LogP) is 5.61. The Kier molecular flexibility index (Phi) is 6.85. The van der Waals surface area contributed by atoms with Crippen molar-refractivity contribution in [1.29, 1.82) is 0 Å². The van der Waals surface area contributed by atoms with Crippen LogP contribution in [0.2, 0.25) is 5.04 Å². The summed E-state index contributed by atoms with van der Waals surface area (Å²) >= 11 is 0. The zero-order valence-corrected chi connectivity index (χ0v) is 21.3. The van der Waals surface area contributed by atoms with Crippen molar-refractivity contribution in [3.63, 3.8) is 0 Å². The van der Waals surface area contributed by atoms with Gasteiger partial charge in [-0.1, -0.05) is 101 Å². The monoisotopic (exact) mass is 448 g/mol. The van der Waals surface area contributed by atoms with Crippen LogP contribution in [0, 0.1) is 11.3 Å². The maximum Gasteiger partial charge on any atom is 0.319 e. The lowest BCUT2D eigenvalue weighted by Crippen LogP contribution is -2.66. The normalized spacial score (nSPS) is 21.6. The molecule has 4 heteroatoms. The Bertz CT molecular complexity index is 949. The highest BCUT2D eigenvalue weighted by Gasteiger charge is 2.53. The van der Waals surface area contributed by atoms with E-state index in [2.05, 4.69) is 88.9 Å². The van der Waals surface area contributed by atoms with Crippen molar-refractivity contribution >= 4 is 24.7 Å². The van der Waals surface area contributed by atoms with Crippen molar-refractivity contribution in [3.05, 3.63) is 84.7 Å². The molecule has 3 nitrogen and oxygen atoms in total. The van der Waals surface area contributed by atoms with Gasteiger partial charge in [-0.15, -0.1) is 0 Å². The Labute approximate surface area is 194 Å².